The van der Waals surface area contributed by atoms with Gasteiger partial charge in [-0.1, -0.05) is 50.2 Å². The Bertz CT molecular complexity index is 1420. The molecule has 2 aromatic carbocycles. The molecule has 4 amide bonds. The number of nitrogens with one attached hydrogen (secondary N) is 3. The molecular formula is C34H49N5O8. The Balaban J connectivity index is 2.33. The molecule has 0 fully saturated rings. The van der Waals surface area contributed by atoms with Gasteiger partial charge < -0.3 is 30.6 Å². The minimum Gasteiger partial charge on any atom is -0.480 e. The van der Waals surface area contributed by atoms with Crippen molar-refractivity contribution in [2.45, 2.75) is 110 Å². The Morgan fingerprint density at radius 3 is 2.09 bits per heavy atom. The van der Waals surface area contributed by atoms with Gasteiger partial charge in [0, 0.05) is 24.4 Å². The molecule has 1 unspecified atom stereocenters. The summed E-state index contributed by atoms with van der Waals surface area (Å²) < 4.78 is 17.0. The summed E-state index contributed by atoms with van der Waals surface area (Å²) in [5.41, 5.74) is 5.62. The molecule has 47 heavy (non-hydrogen) atoms. The van der Waals surface area contributed by atoms with E-state index in [4.69, 9.17) is 19.9 Å². The average molecular weight is 656 g/mol. The highest BCUT2D eigenvalue weighted by Crippen LogP contribution is 2.27. The summed E-state index contributed by atoms with van der Waals surface area (Å²) in [4.78, 5) is 63.7. The molecule has 2 rings (SSSR count). The highest BCUT2D eigenvalue weighted by molar-refractivity contribution is 5.93. The number of carbonyl (C=O) groups excluding carboxylic acids is 5. The summed E-state index contributed by atoms with van der Waals surface area (Å²) in [5.74, 6) is -1.93. The number of nitrogens with two attached hydrogens (primary N) is 1. The zero-order valence-corrected chi connectivity index (χ0v) is 28.5. The third-order valence-corrected chi connectivity index (χ3v) is 6.25. The van der Waals surface area contributed by atoms with E-state index in [-0.39, 0.29) is 31.6 Å². The van der Waals surface area contributed by atoms with Crippen LogP contribution in [0.1, 0.15) is 81.1 Å². The monoisotopic (exact) mass is 655 g/mol. The van der Waals surface area contributed by atoms with Crippen molar-refractivity contribution in [1.29, 1.82) is 0 Å². The van der Waals surface area contributed by atoms with Gasteiger partial charge in [0.1, 0.15) is 23.0 Å². The number of urea groups is 1. The van der Waals surface area contributed by atoms with Crippen LogP contribution in [-0.4, -0.2) is 65.4 Å². The van der Waals surface area contributed by atoms with Crippen molar-refractivity contribution in [2.75, 3.05) is 0 Å². The Hall–Kier alpha value is -4.68. The predicted molar refractivity (Wildman–Crippen MR) is 178 cm³/mol. The quantitative estimate of drug-likeness (QED) is 0.125. The molecule has 13 heteroatoms. The van der Waals surface area contributed by atoms with Gasteiger partial charge in [-0.05, 0) is 65.3 Å². The van der Waals surface area contributed by atoms with Gasteiger partial charge in [0.15, 0.2) is 6.10 Å². The van der Waals surface area contributed by atoms with Crippen molar-refractivity contribution in [3.05, 3.63) is 42.5 Å². The molecule has 0 saturated carbocycles. The van der Waals surface area contributed by atoms with Gasteiger partial charge in [-0.3, -0.25) is 19.2 Å². The van der Waals surface area contributed by atoms with Crippen LogP contribution in [-0.2, 0) is 28.7 Å². The van der Waals surface area contributed by atoms with Crippen molar-refractivity contribution < 1.29 is 38.2 Å². The van der Waals surface area contributed by atoms with Crippen molar-refractivity contribution in [1.82, 2.24) is 16.1 Å². The lowest BCUT2D eigenvalue weighted by Crippen LogP contribution is -2.53. The van der Waals surface area contributed by atoms with Gasteiger partial charge in [0.05, 0.1) is 12.5 Å². The number of fused-ring (bicyclic) bond motifs is 1. The average Bonchev–Trinajstić information content (AvgIpc) is 2.92. The first kappa shape index (κ1) is 38.5. The lowest BCUT2D eigenvalue weighted by molar-refractivity contribution is -0.156. The number of hydrogen-bond donors (Lipinski definition) is 4. The van der Waals surface area contributed by atoms with Crippen LogP contribution < -0.4 is 26.5 Å². The fourth-order valence-electron chi connectivity index (χ4n) is 4.48. The van der Waals surface area contributed by atoms with E-state index in [9.17, 15) is 24.0 Å². The summed E-state index contributed by atoms with van der Waals surface area (Å²) in [6.07, 6.45) is -0.212. The number of hydrogen-bond acceptors (Lipinski definition) is 9. The van der Waals surface area contributed by atoms with Crippen molar-refractivity contribution in [3.8, 4) is 5.75 Å². The van der Waals surface area contributed by atoms with E-state index in [1.165, 1.54) is 0 Å². The lowest BCUT2D eigenvalue weighted by atomic mass is 10.0. The molecule has 2 aromatic rings. The fraction of sp³-hybridized carbons (Fsp3) is 0.529. The molecule has 0 bridgehead atoms. The zero-order chi connectivity index (χ0) is 35.4. The Morgan fingerprint density at radius 1 is 0.851 bits per heavy atom. The first-order chi connectivity index (χ1) is 21.8. The number of benzene rings is 2. The topological polar surface area (TPSA) is 188 Å². The summed E-state index contributed by atoms with van der Waals surface area (Å²) in [7, 11) is 0. The lowest BCUT2D eigenvalue weighted by Gasteiger charge is -2.26. The van der Waals surface area contributed by atoms with Crippen molar-refractivity contribution in [3.63, 3.8) is 0 Å². The number of hydrazone groups is 1. The van der Waals surface area contributed by atoms with E-state index in [0.717, 1.165) is 17.0 Å². The number of ether oxygens (including phenoxy) is 3. The third-order valence-electron chi connectivity index (χ3n) is 6.25. The molecule has 13 nitrogen and oxygen atoms in total. The maximum absolute atomic E-state index is 13.8. The first-order valence-corrected chi connectivity index (χ1v) is 15.6. The predicted octanol–water partition coefficient (Wildman–Crippen LogP) is 4.11. The van der Waals surface area contributed by atoms with Gasteiger partial charge in [-0.25, -0.2) is 10.2 Å². The number of carbonyl (C=O) groups is 5. The SMILES string of the molecule is CC(C)C[C@H](NC(=O)C(CCC(=O)OC(C)(C)C)Oc1cccc2ccccc12)C(=O)N[C@H](C=NNC(N)=O)CC(=O)OC(C)(C)C. The van der Waals surface area contributed by atoms with Gasteiger partial charge >= 0.3 is 18.0 Å². The van der Waals surface area contributed by atoms with Gasteiger partial charge in [0.2, 0.25) is 5.91 Å². The molecule has 0 radical (unpaired) electrons. The molecule has 0 saturated heterocycles. The normalized spacial score (nSPS) is 13.8. The van der Waals surface area contributed by atoms with E-state index in [0.29, 0.717) is 5.75 Å². The standard InChI is InChI=1S/C34H49N5O8/c1-21(2)18-25(30(42)37-23(20-36-39-32(35)44)19-29(41)47-34(6,7)8)38-31(43)27(16-17-28(40)46-33(3,4)5)45-26-15-11-13-22-12-9-10-14-24(22)26/h9-15,20-21,23,25,27H,16-19H2,1-8H3,(H,37,42)(H,38,43)(H3,35,39,44)/t23-,25-,27?/m0/s1. The molecule has 3 atom stereocenters. The summed E-state index contributed by atoms with van der Waals surface area (Å²) in [5, 5.41) is 10.8. The van der Waals surface area contributed by atoms with Crippen LogP contribution in [0.2, 0.25) is 0 Å². The van der Waals surface area contributed by atoms with Gasteiger partial charge in [-0.2, -0.15) is 5.10 Å². The summed E-state index contributed by atoms with van der Waals surface area (Å²) in [6, 6.07) is 9.96. The van der Waals surface area contributed by atoms with Crippen LogP contribution in [0, 0.1) is 5.92 Å². The van der Waals surface area contributed by atoms with Crippen molar-refractivity contribution >= 4 is 46.8 Å². The van der Waals surface area contributed by atoms with Crippen LogP contribution in [0.3, 0.4) is 0 Å². The van der Waals surface area contributed by atoms with Crippen LogP contribution in [0.4, 0.5) is 4.79 Å². The number of amides is 4. The van der Waals surface area contributed by atoms with Gasteiger partial charge in [0.25, 0.3) is 5.91 Å². The molecule has 0 aliphatic rings. The number of rotatable bonds is 15. The Morgan fingerprint density at radius 2 is 1.47 bits per heavy atom. The Kier molecular flexibility index (Phi) is 14.2. The maximum Gasteiger partial charge on any atom is 0.332 e. The highest BCUT2D eigenvalue weighted by Gasteiger charge is 2.31. The molecule has 0 spiro atoms. The van der Waals surface area contributed by atoms with Crippen LogP contribution in [0.25, 0.3) is 10.8 Å². The smallest absolute Gasteiger partial charge is 0.332 e. The molecule has 0 aliphatic heterocycles. The minimum absolute atomic E-state index is 0.0211. The second kappa shape index (κ2) is 17.3. The van der Waals surface area contributed by atoms with Crippen LogP contribution in [0.5, 0.6) is 5.75 Å². The van der Waals surface area contributed by atoms with Crippen molar-refractivity contribution in [2.24, 2.45) is 16.8 Å². The first-order valence-electron chi connectivity index (χ1n) is 15.6. The van der Waals surface area contributed by atoms with E-state index < -0.39 is 59.2 Å². The Labute approximate surface area is 276 Å². The van der Waals surface area contributed by atoms with Gasteiger partial charge in [-0.15, -0.1) is 0 Å². The van der Waals surface area contributed by atoms with Crippen LogP contribution >= 0.6 is 0 Å². The third kappa shape index (κ3) is 15.0. The van der Waals surface area contributed by atoms with E-state index in [1.54, 1.807) is 53.7 Å². The second-order valence-electron chi connectivity index (χ2n) is 13.6. The van der Waals surface area contributed by atoms with E-state index in [2.05, 4.69) is 15.7 Å². The molecule has 0 heterocycles. The maximum atomic E-state index is 13.8. The largest absolute Gasteiger partial charge is 0.480 e. The molecule has 258 valence electrons. The number of primary amides is 1. The molecule has 5 N–H and O–H groups in total. The zero-order valence-electron chi connectivity index (χ0n) is 28.5. The van der Waals surface area contributed by atoms with E-state index >= 15 is 0 Å². The van der Waals surface area contributed by atoms with Crippen LogP contribution in [0.15, 0.2) is 47.6 Å². The second-order valence-corrected chi connectivity index (χ2v) is 13.6. The number of esters is 2. The fourth-order valence-corrected chi connectivity index (χ4v) is 4.48. The molecule has 0 aliphatic carbocycles. The molecular weight excluding hydrogens is 606 g/mol. The number of nitrogens with zero attached hydrogens (tertiary/aromatic N) is 1. The highest BCUT2D eigenvalue weighted by atomic mass is 16.6. The summed E-state index contributed by atoms with van der Waals surface area (Å²) >= 11 is 0. The van der Waals surface area contributed by atoms with E-state index in [1.807, 2.05) is 49.6 Å². The summed E-state index contributed by atoms with van der Waals surface area (Å²) in [6.45, 7) is 14.1. The molecule has 0 aromatic heterocycles. The minimum atomic E-state index is -1.16.